The van der Waals surface area contributed by atoms with E-state index < -0.39 is 15.9 Å². The number of sulfonamides is 1. The van der Waals surface area contributed by atoms with Gasteiger partial charge in [-0.05, 0) is 48.6 Å². The van der Waals surface area contributed by atoms with Gasteiger partial charge in [0.15, 0.2) is 0 Å². The van der Waals surface area contributed by atoms with Gasteiger partial charge in [-0.15, -0.1) is 0 Å². The van der Waals surface area contributed by atoms with Gasteiger partial charge in [0.05, 0.1) is 17.7 Å². The van der Waals surface area contributed by atoms with Crippen molar-refractivity contribution in [2.75, 3.05) is 13.1 Å². The van der Waals surface area contributed by atoms with Gasteiger partial charge in [-0.2, -0.15) is 0 Å². The number of benzene rings is 3. The molecule has 0 aromatic heterocycles. The van der Waals surface area contributed by atoms with Crippen LogP contribution in [-0.4, -0.2) is 31.7 Å². The molecule has 1 heterocycles. The van der Waals surface area contributed by atoms with E-state index in [1.165, 1.54) is 4.31 Å². The average Bonchev–Trinajstić information content (AvgIpc) is 2.86. The zero-order chi connectivity index (χ0) is 25.0. The van der Waals surface area contributed by atoms with E-state index in [4.69, 9.17) is 23.2 Å². The highest BCUT2D eigenvalue weighted by molar-refractivity contribution is 7.88. The molecule has 184 valence electrons. The molecule has 5 nitrogen and oxygen atoms in total. The fraction of sp³-hybridized carbons (Fsp3) is 0.296. The number of piperidine rings is 1. The molecule has 8 heteroatoms. The van der Waals surface area contributed by atoms with Gasteiger partial charge in [0.1, 0.15) is 0 Å². The average molecular weight is 532 g/mol. The van der Waals surface area contributed by atoms with E-state index in [1.807, 2.05) is 61.5 Å². The molecule has 3 aromatic carbocycles. The second kappa shape index (κ2) is 11.1. The molecule has 0 aliphatic carbocycles. The van der Waals surface area contributed by atoms with Gasteiger partial charge in [-0.1, -0.05) is 83.9 Å². The summed E-state index contributed by atoms with van der Waals surface area (Å²) in [7, 11) is -3.70. The number of nitrogens with one attached hydrogen (secondary N) is 1. The summed E-state index contributed by atoms with van der Waals surface area (Å²) < 4.78 is 27.8. The largest absolute Gasteiger partial charge is 0.345 e. The van der Waals surface area contributed by atoms with Crippen molar-refractivity contribution >= 4 is 39.1 Å². The fourth-order valence-corrected chi connectivity index (χ4v) is 6.87. The summed E-state index contributed by atoms with van der Waals surface area (Å²) in [4.78, 5) is 13.4. The van der Waals surface area contributed by atoms with Crippen LogP contribution in [0.4, 0.5) is 0 Å². The number of hydrogen-bond acceptors (Lipinski definition) is 3. The number of carbonyl (C=O) groups excluding carboxylic acids is 1. The first-order chi connectivity index (χ1) is 16.8. The molecule has 35 heavy (non-hydrogen) atoms. The monoisotopic (exact) mass is 530 g/mol. The molecular weight excluding hydrogens is 503 g/mol. The third kappa shape index (κ3) is 6.07. The fourth-order valence-electron chi connectivity index (χ4n) is 4.51. The minimum Gasteiger partial charge on any atom is -0.345 e. The Hall–Kier alpha value is -2.38. The van der Waals surface area contributed by atoms with Crippen LogP contribution in [0.5, 0.6) is 0 Å². The molecule has 1 saturated heterocycles. The molecule has 1 amide bonds. The lowest BCUT2D eigenvalue weighted by molar-refractivity contribution is -0.126. The van der Waals surface area contributed by atoms with E-state index in [-0.39, 0.29) is 24.2 Å². The molecule has 0 unspecified atom stereocenters. The summed E-state index contributed by atoms with van der Waals surface area (Å²) in [5, 5.41) is 3.83. The standard InChI is InChI=1S/C27H28Cl2N2O3S/c1-19-9-5-6-13-22(19)26(20-10-3-2-4-11-20)30-27(32)21-12-8-16-31(17-21)35(33,34)18-23-24(28)14-7-15-25(23)29/h2-7,9-11,13-15,21,26H,8,12,16-18H2,1H3,(H,30,32)/t21-,26+/m1/s1. The van der Waals surface area contributed by atoms with E-state index in [9.17, 15) is 13.2 Å². The van der Waals surface area contributed by atoms with E-state index in [1.54, 1.807) is 18.2 Å². The van der Waals surface area contributed by atoms with Gasteiger partial charge in [0.2, 0.25) is 15.9 Å². The first-order valence-corrected chi connectivity index (χ1v) is 13.9. The van der Waals surface area contributed by atoms with Crippen LogP contribution in [0.1, 0.15) is 41.1 Å². The highest BCUT2D eigenvalue weighted by Gasteiger charge is 2.34. The maximum absolute atomic E-state index is 13.4. The Bertz CT molecular complexity index is 1280. The molecule has 1 aliphatic heterocycles. The number of carbonyl (C=O) groups is 1. The van der Waals surface area contributed by atoms with E-state index in [0.717, 1.165) is 16.7 Å². The molecule has 2 atom stereocenters. The third-order valence-electron chi connectivity index (χ3n) is 6.46. The second-order valence-electron chi connectivity index (χ2n) is 8.86. The summed E-state index contributed by atoms with van der Waals surface area (Å²) >= 11 is 12.4. The molecule has 1 N–H and O–H groups in total. The zero-order valence-electron chi connectivity index (χ0n) is 19.5. The van der Waals surface area contributed by atoms with E-state index in [0.29, 0.717) is 35.0 Å². The Morgan fingerprint density at radius 1 is 1.00 bits per heavy atom. The first-order valence-electron chi connectivity index (χ1n) is 11.6. The van der Waals surface area contributed by atoms with Crippen LogP contribution in [0.3, 0.4) is 0 Å². The van der Waals surface area contributed by atoms with Crippen molar-refractivity contribution in [2.45, 2.75) is 31.6 Å². The molecule has 0 bridgehead atoms. The highest BCUT2D eigenvalue weighted by atomic mass is 35.5. The minimum atomic E-state index is -3.70. The van der Waals surface area contributed by atoms with Crippen molar-refractivity contribution < 1.29 is 13.2 Å². The topological polar surface area (TPSA) is 66.5 Å². The van der Waals surface area contributed by atoms with Crippen LogP contribution in [0.15, 0.2) is 72.8 Å². The van der Waals surface area contributed by atoms with Crippen molar-refractivity contribution in [1.82, 2.24) is 9.62 Å². The van der Waals surface area contributed by atoms with Crippen LogP contribution in [0.2, 0.25) is 10.0 Å². The van der Waals surface area contributed by atoms with E-state index >= 15 is 0 Å². The molecule has 0 saturated carbocycles. The highest BCUT2D eigenvalue weighted by Crippen LogP contribution is 2.30. The SMILES string of the molecule is Cc1ccccc1[C@@H](NC(=O)[C@@H]1CCCN(S(=O)(=O)Cc2c(Cl)cccc2Cl)C1)c1ccccc1. The van der Waals surface area contributed by atoms with E-state index in [2.05, 4.69) is 5.32 Å². The summed E-state index contributed by atoms with van der Waals surface area (Å²) in [6.45, 7) is 2.52. The smallest absolute Gasteiger partial charge is 0.225 e. The number of aryl methyl sites for hydroxylation is 1. The number of nitrogens with zero attached hydrogens (tertiary/aromatic N) is 1. The first kappa shape index (κ1) is 25.7. The lowest BCUT2D eigenvalue weighted by Crippen LogP contribution is -2.46. The van der Waals surface area contributed by atoms with Gasteiger partial charge in [0.25, 0.3) is 0 Å². The lowest BCUT2D eigenvalue weighted by Gasteiger charge is -2.32. The van der Waals surface area contributed by atoms with Crippen molar-refractivity contribution in [1.29, 1.82) is 0 Å². The predicted molar refractivity (Wildman–Crippen MR) is 141 cm³/mol. The number of amides is 1. The maximum Gasteiger partial charge on any atom is 0.225 e. The van der Waals surface area contributed by atoms with Crippen molar-refractivity contribution in [3.05, 3.63) is 105 Å². The Morgan fingerprint density at radius 2 is 1.66 bits per heavy atom. The van der Waals surface area contributed by atoms with Gasteiger partial charge in [0, 0.05) is 28.7 Å². The van der Waals surface area contributed by atoms with Crippen LogP contribution < -0.4 is 5.32 Å². The molecule has 1 aliphatic rings. The van der Waals surface area contributed by atoms with Crippen LogP contribution in [0, 0.1) is 12.8 Å². The molecular formula is C27H28Cl2N2O3S. The Kier molecular flexibility index (Phi) is 8.17. The van der Waals surface area contributed by atoms with Crippen molar-refractivity contribution in [3.8, 4) is 0 Å². The van der Waals surface area contributed by atoms with Gasteiger partial charge >= 0.3 is 0 Å². The summed E-state index contributed by atoms with van der Waals surface area (Å²) in [6.07, 6.45) is 1.23. The Labute approximate surface area is 217 Å². The minimum absolute atomic E-state index is 0.130. The molecule has 0 radical (unpaired) electrons. The molecule has 3 aromatic rings. The van der Waals surface area contributed by atoms with Gasteiger partial charge in [-0.25, -0.2) is 12.7 Å². The number of hydrogen-bond donors (Lipinski definition) is 1. The normalized spacial score (nSPS) is 17.6. The summed E-state index contributed by atoms with van der Waals surface area (Å²) in [5.41, 5.74) is 3.45. The zero-order valence-corrected chi connectivity index (χ0v) is 21.8. The molecule has 0 spiro atoms. The summed E-state index contributed by atoms with van der Waals surface area (Å²) in [5.74, 6) is -0.899. The molecule has 1 fully saturated rings. The third-order valence-corrected chi connectivity index (χ3v) is 8.94. The number of rotatable bonds is 7. The van der Waals surface area contributed by atoms with Crippen molar-refractivity contribution in [2.24, 2.45) is 5.92 Å². The Morgan fingerprint density at radius 3 is 2.34 bits per heavy atom. The quantitative estimate of drug-likeness (QED) is 0.422. The molecule has 4 rings (SSSR count). The predicted octanol–water partition coefficient (Wildman–Crippen LogP) is 5.75. The lowest BCUT2D eigenvalue weighted by atomic mass is 9.93. The Balaban J connectivity index is 1.52. The van der Waals surface area contributed by atoms with Gasteiger partial charge < -0.3 is 5.32 Å². The van der Waals surface area contributed by atoms with Crippen LogP contribution in [0.25, 0.3) is 0 Å². The number of halogens is 2. The summed E-state index contributed by atoms with van der Waals surface area (Å²) in [6, 6.07) is 22.4. The maximum atomic E-state index is 13.4. The van der Waals surface area contributed by atoms with Crippen molar-refractivity contribution in [3.63, 3.8) is 0 Å². The second-order valence-corrected chi connectivity index (χ2v) is 11.6. The van der Waals surface area contributed by atoms with Crippen LogP contribution in [-0.2, 0) is 20.6 Å². The van der Waals surface area contributed by atoms with Gasteiger partial charge in [-0.3, -0.25) is 4.79 Å². The van der Waals surface area contributed by atoms with Crippen LogP contribution >= 0.6 is 23.2 Å².